The van der Waals surface area contributed by atoms with Crippen LogP contribution in [0.3, 0.4) is 0 Å². The molecule has 3 rings (SSSR count). The zero-order valence-electron chi connectivity index (χ0n) is 12.7. The van der Waals surface area contributed by atoms with Crippen LogP contribution >= 0.6 is 0 Å². The van der Waals surface area contributed by atoms with Crippen LogP contribution in [0.2, 0.25) is 0 Å². The number of methoxy groups -OCH3 is 1. The molecule has 0 N–H and O–H groups in total. The van der Waals surface area contributed by atoms with Gasteiger partial charge in [-0.2, -0.15) is 18.3 Å². The first kappa shape index (κ1) is 18.5. The molecule has 0 saturated heterocycles. The first-order valence-electron chi connectivity index (χ1n) is 6.41. The van der Waals surface area contributed by atoms with Crippen molar-refractivity contribution in [1.82, 2.24) is 14.8 Å². The molecule has 0 fully saturated rings. The van der Waals surface area contributed by atoms with Gasteiger partial charge in [0, 0.05) is 11.8 Å². The standard InChI is InChI=1S/C14H10F3N3O3.Na/c1-23-13(22)8-6-20-10(12(8)21)5-9(19-20)7-2-3-18-11(4-7)14(15,16)17;/h2-5,21H,6H2,1H3;/q;+1/p-1. The molecular weight excluding hydrogens is 338 g/mol. The molecule has 0 saturated carbocycles. The molecule has 1 aliphatic rings. The smallest absolute Gasteiger partial charge is 0.871 e. The van der Waals surface area contributed by atoms with Gasteiger partial charge in [0.2, 0.25) is 0 Å². The summed E-state index contributed by atoms with van der Waals surface area (Å²) in [4.78, 5) is 14.7. The minimum absolute atomic E-state index is 0. The van der Waals surface area contributed by atoms with Crippen molar-refractivity contribution in [1.29, 1.82) is 0 Å². The first-order chi connectivity index (χ1) is 10.8. The Morgan fingerprint density at radius 1 is 1.38 bits per heavy atom. The molecule has 10 heteroatoms. The maximum Gasteiger partial charge on any atom is 1.00 e. The van der Waals surface area contributed by atoms with Gasteiger partial charge in [-0.25, -0.2) is 4.79 Å². The Kier molecular flexibility index (Phi) is 5.07. The van der Waals surface area contributed by atoms with Crippen LogP contribution < -0.4 is 34.7 Å². The number of hydrogen-bond donors (Lipinski definition) is 0. The monoisotopic (exact) mass is 347 g/mol. The molecule has 24 heavy (non-hydrogen) atoms. The van der Waals surface area contributed by atoms with Crippen LogP contribution in [-0.4, -0.2) is 27.8 Å². The number of aromatic nitrogens is 3. The van der Waals surface area contributed by atoms with Gasteiger partial charge in [0.15, 0.2) is 0 Å². The predicted molar refractivity (Wildman–Crippen MR) is 69.4 cm³/mol. The molecule has 120 valence electrons. The number of rotatable bonds is 2. The number of carbonyl (C=O) groups is 1. The Morgan fingerprint density at radius 2 is 2.08 bits per heavy atom. The van der Waals surface area contributed by atoms with E-state index in [0.717, 1.165) is 19.4 Å². The van der Waals surface area contributed by atoms with Crippen molar-refractivity contribution in [2.24, 2.45) is 0 Å². The van der Waals surface area contributed by atoms with Crippen LogP contribution in [0.1, 0.15) is 11.4 Å². The average molecular weight is 347 g/mol. The van der Waals surface area contributed by atoms with Crippen molar-refractivity contribution in [2.75, 3.05) is 7.11 Å². The van der Waals surface area contributed by atoms with Crippen molar-refractivity contribution in [2.45, 2.75) is 12.7 Å². The largest absolute Gasteiger partial charge is 1.00 e. The number of alkyl halides is 3. The van der Waals surface area contributed by atoms with Crippen LogP contribution in [0.4, 0.5) is 13.2 Å². The molecule has 2 aromatic heterocycles. The Balaban J connectivity index is 0.00000208. The molecule has 2 aromatic rings. The molecule has 0 atom stereocenters. The number of nitrogens with zero attached hydrogens (tertiary/aromatic N) is 3. The molecule has 1 aliphatic heterocycles. The molecule has 0 radical (unpaired) electrons. The van der Waals surface area contributed by atoms with Gasteiger partial charge in [0.1, 0.15) is 5.69 Å². The normalized spacial score (nSPS) is 13.5. The van der Waals surface area contributed by atoms with E-state index >= 15 is 0 Å². The van der Waals surface area contributed by atoms with Crippen LogP contribution in [0.5, 0.6) is 0 Å². The summed E-state index contributed by atoms with van der Waals surface area (Å²) in [6, 6.07) is 3.56. The van der Waals surface area contributed by atoms with Crippen molar-refractivity contribution in [3.63, 3.8) is 0 Å². The van der Waals surface area contributed by atoms with Gasteiger partial charge >= 0.3 is 41.7 Å². The molecule has 0 unspecified atom stereocenters. The number of pyridine rings is 1. The van der Waals surface area contributed by atoms with E-state index in [2.05, 4.69) is 14.8 Å². The summed E-state index contributed by atoms with van der Waals surface area (Å²) >= 11 is 0. The summed E-state index contributed by atoms with van der Waals surface area (Å²) in [7, 11) is 1.16. The van der Waals surface area contributed by atoms with Gasteiger partial charge in [-0.3, -0.25) is 9.67 Å². The van der Waals surface area contributed by atoms with Crippen LogP contribution in [0.25, 0.3) is 17.0 Å². The van der Waals surface area contributed by atoms with Crippen molar-refractivity contribution in [3.8, 4) is 11.3 Å². The van der Waals surface area contributed by atoms with Gasteiger partial charge < -0.3 is 9.84 Å². The second-order valence-corrected chi connectivity index (χ2v) is 4.80. The van der Waals surface area contributed by atoms with Gasteiger partial charge in [-0.1, -0.05) is 5.76 Å². The summed E-state index contributed by atoms with van der Waals surface area (Å²) in [5.41, 5.74) is -0.596. The van der Waals surface area contributed by atoms with Crippen molar-refractivity contribution < 1.29 is 57.4 Å². The Labute approximate surface area is 156 Å². The van der Waals surface area contributed by atoms with E-state index in [4.69, 9.17) is 0 Å². The average Bonchev–Trinajstić information content (AvgIpc) is 3.06. The Morgan fingerprint density at radius 3 is 2.67 bits per heavy atom. The minimum Gasteiger partial charge on any atom is -0.871 e. The van der Waals surface area contributed by atoms with Gasteiger partial charge in [-0.15, -0.1) is 0 Å². The van der Waals surface area contributed by atoms with E-state index in [9.17, 15) is 23.1 Å². The van der Waals surface area contributed by atoms with Crippen LogP contribution in [-0.2, 0) is 22.3 Å². The number of hydrogen-bond acceptors (Lipinski definition) is 5. The molecule has 0 bridgehead atoms. The molecule has 0 aromatic carbocycles. The second kappa shape index (κ2) is 6.58. The quantitative estimate of drug-likeness (QED) is 0.474. The molecule has 0 amide bonds. The van der Waals surface area contributed by atoms with E-state index in [1.54, 1.807) is 0 Å². The van der Waals surface area contributed by atoms with Crippen molar-refractivity contribution >= 4 is 11.7 Å². The number of carbonyl (C=O) groups excluding carboxylic acids is 1. The number of halogens is 3. The van der Waals surface area contributed by atoms with Gasteiger partial charge in [0.05, 0.1) is 30.6 Å². The summed E-state index contributed by atoms with van der Waals surface area (Å²) < 4.78 is 43.8. The first-order valence-corrected chi connectivity index (χ1v) is 6.41. The van der Waals surface area contributed by atoms with E-state index in [0.29, 0.717) is 0 Å². The Hall–Kier alpha value is -1.84. The molecule has 0 aliphatic carbocycles. The summed E-state index contributed by atoms with van der Waals surface area (Å²) in [6.07, 6.45) is -3.55. The second-order valence-electron chi connectivity index (χ2n) is 4.80. The maximum absolute atomic E-state index is 12.7. The van der Waals surface area contributed by atoms with Gasteiger partial charge in [0.25, 0.3) is 0 Å². The molecule has 6 nitrogen and oxygen atoms in total. The third-order valence-electron chi connectivity index (χ3n) is 3.37. The van der Waals surface area contributed by atoms with E-state index in [-0.39, 0.29) is 58.6 Å². The topological polar surface area (TPSA) is 80.1 Å². The van der Waals surface area contributed by atoms with E-state index in [1.807, 2.05) is 0 Å². The summed E-state index contributed by atoms with van der Waals surface area (Å²) in [5, 5.41) is 16.2. The number of fused-ring (bicyclic) bond motifs is 1. The van der Waals surface area contributed by atoms with E-state index < -0.39 is 23.6 Å². The third-order valence-corrected chi connectivity index (χ3v) is 3.37. The van der Waals surface area contributed by atoms with Crippen LogP contribution in [0, 0.1) is 0 Å². The number of ether oxygens (including phenoxy) is 1. The fraction of sp³-hybridized carbons (Fsp3) is 0.214. The minimum atomic E-state index is -4.57. The number of esters is 1. The molecule has 3 heterocycles. The zero-order chi connectivity index (χ0) is 16.8. The molecule has 0 spiro atoms. The fourth-order valence-electron chi connectivity index (χ4n) is 2.26. The van der Waals surface area contributed by atoms with Crippen LogP contribution in [0.15, 0.2) is 30.0 Å². The molecular formula is C14H9F3N3NaO3. The predicted octanol–water partition coefficient (Wildman–Crippen LogP) is -1.77. The SMILES string of the molecule is COC(=O)C1=C([O-])c2cc(-c3ccnc(C(F)(F)F)c3)nn2C1.[Na+]. The third kappa shape index (κ3) is 3.19. The van der Waals surface area contributed by atoms with Gasteiger partial charge in [-0.05, 0) is 18.2 Å². The fourth-order valence-corrected chi connectivity index (χ4v) is 2.26. The van der Waals surface area contributed by atoms with Crippen molar-refractivity contribution in [3.05, 3.63) is 41.4 Å². The Bertz CT molecular complexity index is 830. The summed E-state index contributed by atoms with van der Waals surface area (Å²) in [5.74, 6) is -1.29. The summed E-state index contributed by atoms with van der Waals surface area (Å²) in [6.45, 7) is -0.0714. The maximum atomic E-state index is 12.7. The zero-order valence-corrected chi connectivity index (χ0v) is 14.7. The van der Waals surface area contributed by atoms with E-state index in [1.165, 1.54) is 16.8 Å².